The Morgan fingerprint density at radius 3 is 1.01 bits per heavy atom. The SMILES string of the molecule is CC/C=C\C/C=C\C/C=C\C/C=C\C/C=C\CC(=O)OC(COC(=O)CCCCCCC/C=C\C/C=C\CCCC)COC(=O)CCCCCCCC/C=C\C/C=C\C/C=C\CCCCCCC. The molecule has 0 saturated heterocycles. The van der Waals surface area contributed by atoms with Gasteiger partial charge in [0.15, 0.2) is 6.10 Å². The van der Waals surface area contributed by atoms with Crippen LogP contribution in [0.4, 0.5) is 0 Å². The van der Waals surface area contributed by atoms with Crippen molar-refractivity contribution in [2.75, 3.05) is 13.2 Å². The molecule has 0 amide bonds. The van der Waals surface area contributed by atoms with Gasteiger partial charge in [-0.25, -0.2) is 0 Å². The van der Waals surface area contributed by atoms with Crippen molar-refractivity contribution in [2.45, 2.75) is 239 Å². The molecular formula is C62H100O6. The molecule has 0 aromatic carbocycles. The van der Waals surface area contributed by atoms with E-state index >= 15 is 0 Å². The van der Waals surface area contributed by atoms with Crippen LogP contribution in [-0.4, -0.2) is 37.2 Å². The van der Waals surface area contributed by atoms with Gasteiger partial charge < -0.3 is 14.2 Å². The maximum atomic E-state index is 12.8. The van der Waals surface area contributed by atoms with Crippen molar-refractivity contribution < 1.29 is 28.6 Å². The van der Waals surface area contributed by atoms with E-state index in [9.17, 15) is 14.4 Å². The Balaban J connectivity index is 4.52. The minimum absolute atomic E-state index is 0.0862. The number of rotatable bonds is 48. The molecular weight excluding hydrogens is 841 g/mol. The lowest BCUT2D eigenvalue weighted by atomic mass is 10.1. The molecule has 0 radical (unpaired) electrons. The van der Waals surface area contributed by atoms with Gasteiger partial charge in [0, 0.05) is 12.8 Å². The Kier molecular flexibility index (Phi) is 52.0. The van der Waals surface area contributed by atoms with Crippen LogP contribution in [0.3, 0.4) is 0 Å². The predicted molar refractivity (Wildman–Crippen MR) is 293 cm³/mol. The molecule has 68 heavy (non-hydrogen) atoms. The number of hydrogen-bond acceptors (Lipinski definition) is 6. The highest BCUT2D eigenvalue weighted by Gasteiger charge is 2.19. The molecule has 0 aliphatic carbocycles. The predicted octanol–water partition coefficient (Wildman–Crippen LogP) is 18.5. The normalized spacial score (nSPS) is 13.0. The van der Waals surface area contributed by atoms with E-state index in [1.165, 1.54) is 70.6 Å². The molecule has 0 spiro atoms. The zero-order valence-electron chi connectivity index (χ0n) is 43.8. The Hall–Kier alpha value is -4.19. The van der Waals surface area contributed by atoms with E-state index in [0.29, 0.717) is 19.3 Å². The third-order valence-corrected chi connectivity index (χ3v) is 11.2. The molecule has 0 rings (SSSR count). The Morgan fingerprint density at radius 1 is 0.324 bits per heavy atom. The number of esters is 3. The minimum atomic E-state index is -0.847. The van der Waals surface area contributed by atoms with Crippen molar-refractivity contribution in [1.29, 1.82) is 0 Å². The Labute approximate surface area is 418 Å². The lowest BCUT2D eigenvalue weighted by Gasteiger charge is -2.18. The van der Waals surface area contributed by atoms with Crippen LogP contribution in [0.25, 0.3) is 0 Å². The molecule has 0 aliphatic heterocycles. The van der Waals surface area contributed by atoms with Gasteiger partial charge in [0.1, 0.15) is 13.2 Å². The molecule has 0 N–H and O–H groups in total. The van der Waals surface area contributed by atoms with Gasteiger partial charge in [-0.2, -0.15) is 0 Å². The summed E-state index contributed by atoms with van der Waals surface area (Å²) >= 11 is 0. The second-order valence-electron chi connectivity index (χ2n) is 17.8. The van der Waals surface area contributed by atoms with Gasteiger partial charge in [0.2, 0.25) is 0 Å². The fourth-order valence-electron chi connectivity index (χ4n) is 7.07. The quantitative estimate of drug-likeness (QED) is 0.0262. The van der Waals surface area contributed by atoms with E-state index < -0.39 is 12.1 Å². The van der Waals surface area contributed by atoms with E-state index in [1.54, 1.807) is 6.08 Å². The number of carbonyl (C=O) groups excluding carboxylic acids is 3. The molecule has 0 saturated carbocycles. The van der Waals surface area contributed by atoms with Crippen LogP contribution < -0.4 is 0 Å². The number of ether oxygens (including phenoxy) is 3. The van der Waals surface area contributed by atoms with E-state index in [1.807, 2.05) is 6.08 Å². The van der Waals surface area contributed by atoms with Gasteiger partial charge in [0.25, 0.3) is 0 Å². The summed E-state index contributed by atoms with van der Waals surface area (Å²) in [5.74, 6) is -1.09. The van der Waals surface area contributed by atoms with Crippen molar-refractivity contribution >= 4 is 17.9 Å². The van der Waals surface area contributed by atoms with Crippen LogP contribution >= 0.6 is 0 Å². The molecule has 0 bridgehead atoms. The van der Waals surface area contributed by atoms with Crippen LogP contribution in [-0.2, 0) is 28.6 Å². The number of allylic oxidation sites excluding steroid dienone is 19. The summed E-state index contributed by atoms with van der Waals surface area (Å²) in [6.07, 6.45) is 76.4. The van der Waals surface area contributed by atoms with Crippen molar-refractivity contribution in [2.24, 2.45) is 0 Å². The van der Waals surface area contributed by atoms with Gasteiger partial charge in [-0.3, -0.25) is 14.4 Å². The molecule has 384 valence electrons. The highest BCUT2D eigenvalue weighted by atomic mass is 16.6. The number of unbranched alkanes of at least 4 members (excludes halogenated alkanes) is 18. The summed E-state index contributed by atoms with van der Waals surface area (Å²) in [7, 11) is 0. The van der Waals surface area contributed by atoms with Crippen LogP contribution in [0.1, 0.15) is 233 Å². The summed E-state index contributed by atoms with van der Waals surface area (Å²) in [6, 6.07) is 0. The van der Waals surface area contributed by atoms with Crippen LogP contribution in [0.15, 0.2) is 122 Å². The molecule has 0 heterocycles. The molecule has 6 nitrogen and oxygen atoms in total. The molecule has 1 unspecified atom stereocenters. The fourth-order valence-corrected chi connectivity index (χ4v) is 7.07. The highest BCUT2D eigenvalue weighted by molar-refractivity contribution is 5.72. The van der Waals surface area contributed by atoms with Gasteiger partial charge in [-0.15, -0.1) is 0 Å². The second-order valence-corrected chi connectivity index (χ2v) is 17.8. The zero-order chi connectivity index (χ0) is 49.3. The van der Waals surface area contributed by atoms with E-state index in [0.717, 1.165) is 116 Å². The maximum absolute atomic E-state index is 12.8. The first kappa shape index (κ1) is 63.8. The molecule has 6 heteroatoms. The maximum Gasteiger partial charge on any atom is 0.310 e. The topological polar surface area (TPSA) is 78.9 Å². The molecule has 1 atom stereocenters. The number of hydrogen-bond donors (Lipinski definition) is 0. The van der Waals surface area contributed by atoms with Crippen molar-refractivity contribution in [1.82, 2.24) is 0 Å². The zero-order valence-corrected chi connectivity index (χ0v) is 43.8. The fraction of sp³-hybridized carbons (Fsp3) is 0.629. The second kappa shape index (κ2) is 55.4. The third-order valence-electron chi connectivity index (χ3n) is 11.2. The van der Waals surface area contributed by atoms with Gasteiger partial charge >= 0.3 is 17.9 Å². The lowest BCUT2D eigenvalue weighted by molar-refractivity contribution is -0.166. The Morgan fingerprint density at radius 2 is 0.632 bits per heavy atom. The third kappa shape index (κ3) is 52.8. The summed E-state index contributed by atoms with van der Waals surface area (Å²) in [6.45, 7) is 6.35. The summed E-state index contributed by atoms with van der Waals surface area (Å²) in [5, 5.41) is 0. The van der Waals surface area contributed by atoms with E-state index in [4.69, 9.17) is 14.2 Å². The summed E-state index contributed by atoms with van der Waals surface area (Å²) < 4.78 is 16.7. The monoisotopic (exact) mass is 941 g/mol. The molecule has 0 fully saturated rings. The average molecular weight is 941 g/mol. The largest absolute Gasteiger partial charge is 0.462 e. The lowest BCUT2D eigenvalue weighted by Crippen LogP contribution is -2.30. The van der Waals surface area contributed by atoms with Crippen LogP contribution in [0, 0.1) is 0 Å². The highest BCUT2D eigenvalue weighted by Crippen LogP contribution is 2.12. The smallest absolute Gasteiger partial charge is 0.310 e. The summed E-state index contributed by atoms with van der Waals surface area (Å²) in [5.41, 5.74) is 0. The van der Waals surface area contributed by atoms with Crippen molar-refractivity contribution in [3.63, 3.8) is 0 Å². The summed E-state index contributed by atoms with van der Waals surface area (Å²) in [4.78, 5) is 38.0. The standard InChI is InChI=1S/C62H100O6/c1-4-7-10-13-16-19-22-25-28-29-30-31-32-33-35-37-40-43-46-49-52-55-61(64)67-58-59(57-66-60(63)54-51-48-45-42-39-36-27-24-21-18-15-12-9-6-3)68-62(65)56-53-50-47-44-41-38-34-26-23-20-17-14-11-8-5-2/h8,11,15,17-18,20,22,24-27,29-30,32-34,41,44,50,53,59H,4-7,9-10,12-14,16,19,21,23,28,31,35-40,42-43,45-49,51-52,54-58H2,1-3H3/b11-8-,18-15-,20-17-,25-22-,27-24-,30-29-,33-32-,34-26-,44-41-,53-50-. The molecule has 0 aromatic heterocycles. The molecule has 0 aromatic rings. The van der Waals surface area contributed by atoms with E-state index in [-0.39, 0.29) is 31.6 Å². The average Bonchev–Trinajstić information content (AvgIpc) is 3.34. The van der Waals surface area contributed by atoms with E-state index in [2.05, 4.69) is 130 Å². The Bertz CT molecular complexity index is 1450. The van der Waals surface area contributed by atoms with Crippen LogP contribution in [0.2, 0.25) is 0 Å². The van der Waals surface area contributed by atoms with Gasteiger partial charge in [-0.1, -0.05) is 226 Å². The first-order valence-corrected chi connectivity index (χ1v) is 27.5. The first-order chi connectivity index (χ1) is 33.5. The van der Waals surface area contributed by atoms with Crippen molar-refractivity contribution in [3.05, 3.63) is 122 Å². The van der Waals surface area contributed by atoms with Gasteiger partial charge in [-0.05, 0) is 109 Å². The van der Waals surface area contributed by atoms with Gasteiger partial charge in [0.05, 0.1) is 6.42 Å². The minimum Gasteiger partial charge on any atom is -0.462 e. The number of carbonyl (C=O) groups is 3. The van der Waals surface area contributed by atoms with Crippen molar-refractivity contribution in [3.8, 4) is 0 Å². The first-order valence-electron chi connectivity index (χ1n) is 27.5. The van der Waals surface area contributed by atoms with Crippen LogP contribution in [0.5, 0.6) is 0 Å². The molecule has 0 aliphatic rings.